The number of halogens is 1. The Morgan fingerprint density at radius 3 is 2.67 bits per heavy atom. The Hall–Kier alpha value is -0.240. The number of aryl methyl sites for hydroxylation is 1. The van der Waals surface area contributed by atoms with Crippen molar-refractivity contribution in [2.75, 3.05) is 4.43 Å². The van der Waals surface area contributed by atoms with E-state index in [2.05, 4.69) is 51.3 Å². The van der Waals surface area contributed by atoms with Crippen LogP contribution in [-0.2, 0) is 0 Å². The fourth-order valence-corrected chi connectivity index (χ4v) is 2.85. The molecular weight excluding hydrogens is 325 g/mol. The highest BCUT2D eigenvalue weighted by molar-refractivity contribution is 14.1. The third-order valence-corrected chi connectivity index (χ3v) is 3.92. The van der Waals surface area contributed by atoms with Crippen LogP contribution in [0.1, 0.15) is 29.2 Å². The molecule has 84 valence electrons. The molecule has 1 unspecified atom stereocenters. The molecule has 0 spiro atoms. The first-order chi connectivity index (χ1) is 7.06. The van der Waals surface area contributed by atoms with Gasteiger partial charge in [-0.2, -0.15) is 0 Å². The molecule has 0 aliphatic carbocycles. The Labute approximate surface area is 107 Å². The van der Waals surface area contributed by atoms with Gasteiger partial charge in [0.2, 0.25) is 0 Å². The van der Waals surface area contributed by atoms with E-state index in [0.29, 0.717) is 16.5 Å². The van der Waals surface area contributed by atoms with Crippen molar-refractivity contribution in [3.05, 3.63) is 10.6 Å². The normalized spacial score (nSPS) is 12.9. The van der Waals surface area contributed by atoms with Crippen molar-refractivity contribution < 1.29 is 4.79 Å². The Morgan fingerprint density at radius 1 is 1.60 bits per heavy atom. The molecule has 15 heavy (non-hydrogen) atoms. The molecule has 0 radical (unpaired) electrons. The third kappa shape index (κ3) is 3.37. The second kappa shape index (κ2) is 5.74. The molecule has 6 heteroatoms. The number of alkyl halides is 1. The summed E-state index contributed by atoms with van der Waals surface area (Å²) in [6.45, 7) is 6.00. The van der Waals surface area contributed by atoms with Crippen LogP contribution in [0, 0.1) is 12.8 Å². The summed E-state index contributed by atoms with van der Waals surface area (Å²) in [6, 6.07) is 0.208. The predicted molar refractivity (Wildman–Crippen MR) is 69.6 cm³/mol. The van der Waals surface area contributed by atoms with E-state index in [4.69, 9.17) is 0 Å². The molecule has 1 amide bonds. The molecule has 1 aromatic rings. The lowest BCUT2D eigenvalue weighted by molar-refractivity contribution is 0.0935. The van der Waals surface area contributed by atoms with Gasteiger partial charge in [-0.15, -0.1) is 5.10 Å². The lowest BCUT2D eigenvalue weighted by atomic mass is 10.1. The van der Waals surface area contributed by atoms with E-state index < -0.39 is 0 Å². The molecule has 1 atom stereocenters. The van der Waals surface area contributed by atoms with Gasteiger partial charge in [0.1, 0.15) is 4.88 Å². The molecule has 0 aliphatic heterocycles. The zero-order chi connectivity index (χ0) is 11.4. The number of nitrogens with zero attached hydrogens (tertiary/aromatic N) is 2. The number of carbonyl (C=O) groups is 1. The van der Waals surface area contributed by atoms with Crippen molar-refractivity contribution >= 4 is 40.0 Å². The number of amides is 1. The number of aromatic nitrogens is 2. The summed E-state index contributed by atoms with van der Waals surface area (Å²) in [6.07, 6.45) is 0. The number of hydrogen-bond acceptors (Lipinski definition) is 4. The average Bonchev–Trinajstić information content (AvgIpc) is 2.60. The summed E-state index contributed by atoms with van der Waals surface area (Å²) >= 11 is 3.43. The van der Waals surface area contributed by atoms with E-state index in [-0.39, 0.29) is 11.9 Å². The van der Waals surface area contributed by atoms with Gasteiger partial charge in [0.15, 0.2) is 0 Å². The number of hydrogen-bond donors (Lipinski definition) is 1. The molecule has 1 N–H and O–H groups in total. The van der Waals surface area contributed by atoms with Gasteiger partial charge in [-0.05, 0) is 24.4 Å². The smallest absolute Gasteiger partial charge is 0.265 e. The fraction of sp³-hybridized carbons (Fsp3) is 0.667. The first-order valence-corrected chi connectivity index (χ1v) is 7.02. The van der Waals surface area contributed by atoms with Crippen molar-refractivity contribution in [3.63, 3.8) is 0 Å². The number of rotatable bonds is 4. The summed E-state index contributed by atoms with van der Waals surface area (Å²) in [5, 5.41) is 6.81. The highest BCUT2D eigenvalue weighted by atomic mass is 127. The first kappa shape index (κ1) is 12.8. The van der Waals surface area contributed by atoms with E-state index in [9.17, 15) is 4.79 Å². The van der Waals surface area contributed by atoms with Crippen LogP contribution in [0.3, 0.4) is 0 Å². The molecule has 0 fully saturated rings. The average molecular weight is 339 g/mol. The summed E-state index contributed by atoms with van der Waals surface area (Å²) in [5.74, 6) is 0.380. The molecule has 1 heterocycles. The highest BCUT2D eigenvalue weighted by Crippen LogP contribution is 2.11. The van der Waals surface area contributed by atoms with Gasteiger partial charge in [-0.25, -0.2) is 0 Å². The van der Waals surface area contributed by atoms with E-state index in [0.717, 1.165) is 16.0 Å². The lowest BCUT2D eigenvalue weighted by Gasteiger charge is -2.19. The summed E-state index contributed by atoms with van der Waals surface area (Å²) in [7, 11) is 0. The van der Waals surface area contributed by atoms with Crippen LogP contribution >= 0.6 is 34.1 Å². The number of carbonyl (C=O) groups excluding carboxylic acids is 1. The SMILES string of the molecule is Cc1nnsc1C(=O)NC(CI)C(C)C. The van der Waals surface area contributed by atoms with Gasteiger partial charge in [-0.3, -0.25) is 4.79 Å². The molecule has 1 rings (SSSR count). The minimum Gasteiger partial charge on any atom is -0.347 e. The Bertz CT molecular complexity index is 340. The van der Waals surface area contributed by atoms with E-state index in [1.807, 2.05) is 0 Å². The van der Waals surface area contributed by atoms with Gasteiger partial charge in [0.25, 0.3) is 5.91 Å². The minimum atomic E-state index is -0.0575. The molecular formula is C9H14IN3OS. The molecule has 4 nitrogen and oxygen atoms in total. The zero-order valence-electron chi connectivity index (χ0n) is 8.95. The van der Waals surface area contributed by atoms with Crippen LogP contribution < -0.4 is 5.32 Å². The minimum absolute atomic E-state index is 0.0575. The fourth-order valence-electron chi connectivity index (χ4n) is 1.06. The molecule has 0 saturated carbocycles. The van der Waals surface area contributed by atoms with Crippen molar-refractivity contribution in [1.29, 1.82) is 0 Å². The monoisotopic (exact) mass is 339 g/mol. The van der Waals surface area contributed by atoms with Crippen LogP contribution in [0.5, 0.6) is 0 Å². The highest BCUT2D eigenvalue weighted by Gasteiger charge is 2.19. The van der Waals surface area contributed by atoms with Crippen LogP contribution in [-0.4, -0.2) is 26.0 Å². The van der Waals surface area contributed by atoms with Gasteiger partial charge in [0.05, 0.1) is 5.69 Å². The van der Waals surface area contributed by atoms with E-state index in [1.165, 1.54) is 0 Å². The van der Waals surface area contributed by atoms with Crippen LogP contribution in [0.25, 0.3) is 0 Å². The van der Waals surface area contributed by atoms with Gasteiger partial charge in [-0.1, -0.05) is 40.9 Å². The van der Waals surface area contributed by atoms with Crippen molar-refractivity contribution in [1.82, 2.24) is 14.9 Å². The van der Waals surface area contributed by atoms with Crippen molar-refractivity contribution in [2.45, 2.75) is 26.8 Å². The maximum Gasteiger partial charge on any atom is 0.265 e. The Morgan fingerprint density at radius 2 is 2.27 bits per heavy atom. The van der Waals surface area contributed by atoms with Gasteiger partial charge in [0, 0.05) is 10.5 Å². The van der Waals surface area contributed by atoms with E-state index in [1.54, 1.807) is 6.92 Å². The second-order valence-corrected chi connectivity index (χ2v) is 5.30. The number of nitrogens with one attached hydrogen (secondary N) is 1. The first-order valence-electron chi connectivity index (χ1n) is 4.72. The predicted octanol–water partition coefficient (Wildman–Crippen LogP) is 2.04. The lowest BCUT2D eigenvalue weighted by Crippen LogP contribution is -2.39. The van der Waals surface area contributed by atoms with E-state index >= 15 is 0 Å². The van der Waals surface area contributed by atoms with Crippen LogP contribution in [0.4, 0.5) is 0 Å². The zero-order valence-corrected chi connectivity index (χ0v) is 11.9. The van der Waals surface area contributed by atoms with Gasteiger partial charge < -0.3 is 5.32 Å². The largest absolute Gasteiger partial charge is 0.347 e. The maximum absolute atomic E-state index is 11.8. The Kier molecular flexibility index (Phi) is 4.91. The third-order valence-electron chi connectivity index (χ3n) is 2.15. The standard InChI is InChI=1S/C9H14IN3OS/c1-5(2)7(4-10)11-9(14)8-6(3)12-13-15-8/h5,7H,4H2,1-3H3,(H,11,14). The quantitative estimate of drug-likeness (QED) is 0.675. The van der Waals surface area contributed by atoms with Crippen LogP contribution in [0.15, 0.2) is 0 Å². The van der Waals surface area contributed by atoms with Gasteiger partial charge >= 0.3 is 0 Å². The molecule has 0 aliphatic rings. The molecule has 0 saturated heterocycles. The van der Waals surface area contributed by atoms with Crippen molar-refractivity contribution in [3.8, 4) is 0 Å². The Balaban J connectivity index is 2.67. The molecule has 0 bridgehead atoms. The topological polar surface area (TPSA) is 54.9 Å². The molecule has 0 aromatic carbocycles. The molecule has 1 aromatic heterocycles. The van der Waals surface area contributed by atoms with Crippen LogP contribution in [0.2, 0.25) is 0 Å². The summed E-state index contributed by atoms with van der Waals surface area (Å²) < 4.78 is 4.66. The summed E-state index contributed by atoms with van der Waals surface area (Å²) in [4.78, 5) is 12.4. The second-order valence-electron chi connectivity index (χ2n) is 3.67. The maximum atomic E-state index is 11.8. The summed E-state index contributed by atoms with van der Waals surface area (Å²) in [5.41, 5.74) is 0.702. The van der Waals surface area contributed by atoms with Crippen molar-refractivity contribution in [2.24, 2.45) is 5.92 Å².